The Kier molecular flexibility index (Phi) is 5.10. The highest BCUT2D eigenvalue weighted by Gasteiger charge is 2.17. The number of methoxy groups -OCH3 is 1. The maximum atomic E-state index is 11.7. The predicted octanol–water partition coefficient (Wildman–Crippen LogP) is 2.61. The van der Waals surface area contributed by atoms with Crippen molar-refractivity contribution in [3.05, 3.63) is 35.4 Å². The molecule has 0 atom stereocenters. The molecule has 0 spiro atoms. The third-order valence-electron chi connectivity index (χ3n) is 2.42. The van der Waals surface area contributed by atoms with Crippen LogP contribution < -0.4 is 0 Å². The van der Waals surface area contributed by atoms with Gasteiger partial charge >= 0.3 is 11.9 Å². The molecular formula is C15H20O4. The molecule has 19 heavy (non-hydrogen) atoms. The summed E-state index contributed by atoms with van der Waals surface area (Å²) in [4.78, 5) is 23.3. The number of esters is 2. The van der Waals surface area contributed by atoms with Crippen molar-refractivity contribution in [2.24, 2.45) is 5.41 Å². The van der Waals surface area contributed by atoms with Crippen LogP contribution in [0.1, 0.15) is 36.7 Å². The van der Waals surface area contributed by atoms with Gasteiger partial charge in [0, 0.05) is 0 Å². The van der Waals surface area contributed by atoms with Crippen molar-refractivity contribution < 1.29 is 19.1 Å². The lowest BCUT2D eigenvalue weighted by atomic mass is 9.98. The summed E-state index contributed by atoms with van der Waals surface area (Å²) in [5, 5.41) is 0. The first-order chi connectivity index (χ1) is 8.83. The first-order valence-electron chi connectivity index (χ1n) is 6.15. The summed E-state index contributed by atoms with van der Waals surface area (Å²) >= 11 is 0. The van der Waals surface area contributed by atoms with E-state index >= 15 is 0 Å². The van der Waals surface area contributed by atoms with Gasteiger partial charge in [0.25, 0.3) is 0 Å². The zero-order chi connectivity index (χ0) is 14.5. The van der Waals surface area contributed by atoms with Crippen molar-refractivity contribution in [2.75, 3.05) is 13.7 Å². The van der Waals surface area contributed by atoms with Gasteiger partial charge in [-0.15, -0.1) is 0 Å². The molecule has 104 valence electrons. The number of ether oxygens (including phenoxy) is 2. The van der Waals surface area contributed by atoms with Crippen LogP contribution in [0.4, 0.5) is 0 Å². The van der Waals surface area contributed by atoms with Gasteiger partial charge in [0.15, 0.2) is 0 Å². The Balaban J connectivity index is 2.72. The van der Waals surface area contributed by atoms with E-state index in [4.69, 9.17) is 4.74 Å². The van der Waals surface area contributed by atoms with Crippen LogP contribution >= 0.6 is 0 Å². The molecule has 0 bridgehead atoms. The third-order valence-corrected chi connectivity index (χ3v) is 2.42. The predicted molar refractivity (Wildman–Crippen MR) is 71.9 cm³/mol. The molecule has 0 aromatic heterocycles. The SMILES string of the molecule is COC(=O)c1ccccc1CC(=O)OCC(C)(C)C. The number of hydrogen-bond donors (Lipinski definition) is 0. The second kappa shape index (κ2) is 6.36. The Morgan fingerprint density at radius 1 is 1.16 bits per heavy atom. The van der Waals surface area contributed by atoms with Gasteiger partial charge in [-0.25, -0.2) is 4.79 Å². The minimum absolute atomic E-state index is 0.0708. The number of hydrogen-bond acceptors (Lipinski definition) is 4. The average molecular weight is 264 g/mol. The molecule has 0 aliphatic carbocycles. The van der Waals surface area contributed by atoms with Gasteiger partial charge in [-0.2, -0.15) is 0 Å². The number of rotatable bonds is 4. The lowest BCUT2D eigenvalue weighted by Gasteiger charge is -2.18. The third kappa shape index (κ3) is 5.12. The van der Waals surface area contributed by atoms with Crippen molar-refractivity contribution in [1.29, 1.82) is 0 Å². The quantitative estimate of drug-likeness (QED) is 0.784. The second-order valence-electron chi connectivity index (χ2n) is 5.55. The summed E-state index contributed by atoms with van der Waals surface area (Å²) in [6.07, 6.45) is 0.0708. The molecule has 0 unspecified atom stereocenters. The average Bonchev–Trinajstić information content (AvgIpc) is 2.35. The van der Waals surface area contributed by atoms with E-state index in [9.17, 15) is 9.59 Å². The van der Waals surface area contributed by atoms with E-state index in [-0.39, 0.29) is 17.8 Å². The lowest BCUT2D eigenvalue weighted by molar-refractivity contribution is -0.145. The van der Waals surface area contributed by atoms with E-state index in [1.807, 2.05) is 20.8 Å². The highest BCUT2D eigenvalue weighted by molar-refractivity contribution is 5.92. The van der Waals surface area contributed by atoms with Gasteiger partial charge in [-0.1, -0.05) is 39.0 Å². The number of carbonyl (C=O) groups excluding carboxylic acids is 2. The standard InChI is InChI=1S/C15H20O4/c1-15(2,3)10-19-13(16)9-11-7-5-6-8-12(11)14(17)18-4/h5-8H,9-10H2,1-4H3. The molecule has 1 aromatic rings. The highest BCUT2D eigenvalue weighted by Crippen LogP contribution is 2.15. The first-order valence-corrected chi connectivity index (χ1v) is 6.15. The van der Waals surface area contributed by atoms with E-state index in [1.54, 1.807) is 24.3 Å². The number of carbonyl (C=O) groups is 2. The van der Waals surface area contributed by atoms with Gasteiger partial charge in [0.1, 0.15) is 0 Å². The van der Waals surface area contributed by atoms with E-state index in [1.165, 1.54) is 7.11 Å². The van der Waals surface area contributed by atoms with E-state index in [0.29, 0.717) is 17.7 Å². The zero-order valence-corrected chi connectivity index (χ0v) is 11.9. The van der Waals surface area contributed by atoms with Gasteiger partial charge in [0.05, 0.1) is 25.7 Å². The fourth-order valence-corrected chi connectivity index (χ4v) is 1.49. The molecule has 0 radical (unpaired) electrons. The highest BCUT2D eigenvalue weighted by atomic mass is 16.5. The van der Waals surface area contributed by atoms with E-state index in [2.05, 4.69) is 4.74 Å². The molecule has 0 heterocycles. The fourth-order valence-electron chi connectivity index (χ4n) is 1.49. The summed E-state index contributed by atoms with van der Waals surface area (Å²) in [7, 11) is 1.32. The normalized spacial score (nSPS) is 10.9. The van der Waals surface area contributed by atoms with Crippen LogP contribution in [0.15, 0.2) is 24.3 Å². The van der Waals surface area contributed by atoms with Gasteiger partial charge < -0.3 is 9.47 Å². The largest absolute Gasteiger partial charge is 0.465 e. The molecule has 0 amide bonds. The van der Waals surface area contributed by atoms with Gasteiger partial charge in [0.2, 0.25) is 0 Å². The van der Waals surface area contributed by atoms with E-state index < -0.39 is 5.97 Å². The van der Waals surface area contributed by atoms with Crippen molar-refractivity contribution in [3.63, 3.8) is 0 Å². The molecule has 1 aromatic carbocycles. The molecular weight excluding hydrogens is 244 g/mol. The molecule has 0 fully saturated rings. The van der Waals surface area contributed by atoms with Crippen LogP contribution in [0.3, 0.4) is 0 Å². The van der Waals surface area contributed by atoms with Crippen molar-refractivity contribution >= 4 is 11.9 Å². The molecule has 0 N–H and O–H groups in total. The van der Waals surface area contributed by atoms with Crippen LogP contribution in [0.5, 0.6) is 0 Å². The maximum Gasteiger partial charge on any atom is 0.338 e. The van der Waals surface area contributed by atoms with Gasteiger partial charge in [-0.05, 0) is 17.0 Å². The Bertz CT molecular complexity index is 457. The van der Waals surface area contributed by atoms with Crippen LogP contribution in [0.2, 0.25) is 0 Å². The van der Waals surface area contributed by atoms with Crippen LogP contribution in [-0.4, -0.2) is 25.7 Å². The molecule has 4 nitrogen and oxygen atoms in total. The maximum absolute atomic E-state index is 11.7. The van der Waals surface area contributed by atoms with Crippen molar-refractivity contribution in [3.8, 4) is 0 Å². The Labute approximate surface area is 113 Å². The summed E-state index contributed by atoms with van der Waals surface area (Å²) in [6, 6.07) is 6.87. The van der Waals surface area contributed by atoms with E-state index in [0.717, 1.165) is 0 Å². The Morgan fingerprint density at radius 2 is 1.79 bits per heavy atom. The summed E-state index contributed by atoms with van der Waals surface area (Å²) in [5.74, 6) is -0.787. The van der Waals surface area contributed by atoms with Crippen molar-refractivity contribution in [1.82, 2.24) is 0 Å². The lowest BCUT2D eigenvalue weighted by Crippen LogP contribution is -2.20. The Hall–Kier alpha value is -1.84. The summed E-state index contributed by atoms with van der Waals surface area (Å²) in [6.45, 7) is 6.32. The zero-order valence-electron chi connectivity index (χ0n) is 11.9. The minimum Gasteiger partial charge on any atom is -0.465 e. The molecule has 4 heteroatoms. The molecule has 0 saturated heterocycles. The molecule has 0 saturated carbocycles. The monoisotopic (exact) mass is 264 g/mol. The Morgan fingerprint density at radius 3 is 2.37 bits per heavy atom. The minimum atomic E-state index is -0.445. The van der Waals surface area contributed by atoms with Crippen molar-refractivity contribution in [2.45, 2.75) is 27.2 Å². The van der Waals surface area contributed by atoms with Crippen LogP contribution in [-0.2, 0) is 20.7 Å². The molecule has 1 rings (SSSR count). The number of benzene rings is 1. The fraction of sp³-hybridized carbons (Fsp3) is 0.467. The van der Waals surface area contributed by atoms with Crippen LogP contribution in [0.25, 0.3) is 0 Å². The summed E-state index contributed by atoms with van der Waals surface area (Å²) in [5.41, 5.74) is 0.948. The molecule has 0 aliphatic heterocycles. The summed E-state index contributed by atoms with van der Waals surface area (Å²) < 4.78 is 9.87. The smallest absolute Gasteiger partial charge is 0.338 e. The second-order valence-corrected chi connectivity index (χ2v) is 5.55. The molecule has 0 aliphatic rings. The first kappa shape index (κ1) is 15.2. The topological polar surface area (TPSA) is 52.6 Å². The van der Waals surface area contributed by atoms with Crippen LogP contribution in [0, 0.1) is 5.41 Å². The van der Waals surface area contributed by atoms with Gasteiger partial charge in [-0.3, -0.25) is 4.79 Å².